The maximum Gasteiger partial charge on any atom is 0.0323 e. The molecule has 0 aliphatic carbocycles. The monoisotopic (exact) mass is 221 g/mol. The fourth-order valence-corrected chi connectivity index (χ4v) is 2.69. The molecule has 0 amide bonds. The van der Waals surface area contributed by atoms with Gasteiger partial charge < -0.3 is 5.32 Å². The van der Waals surface area contributed by atoms with E-state index in [-0.39, 0.29) is 0 Å². The second-order valence-corrected chi connectivity index (χ2v) is 5.10. The Morgan fingerprint density at radius 1 is 1.33 bits per heavy atom. The van der Waals surface area contributed by atoms with Gasteiger partial charge in [0.25, 0.3) is 0 Å². The molecule has 1 aliphatic heterocycles. The van der Waals surface area contributed by atoms with E-state index in [1.807, 2.05) is 11.8 Å². The average Bonchev–Trinajstić information content (AvgIpc) is 2.31. The second kappa shape index (κ2) is 5.04. The molecule has 1 N–H and O–H groups in total. The number of nitrogens with one attached hydrogen (secondary N) is 1. The van der Waals surface area contributed by atoms with Crippen LogP contribution in [0.4, 0.5) is 0 Å². The molecule has 0 bridgehead atoms. The highest BCUT2D eigenvalue weighted by atomic mass is 32.2. The fraction of sp³-hybridized carbons (Fsp3) is 0.538. The predicted molar refractivity (Wildman–Crippen MR) is 67.6 cm³/mol. The first-order valence-corrected chi connectivity index (χ1v) is 6.91. The number of hydrogen-bond donors (Lipinski definition) is 1. The molecule has 1 saturated heterocycles. The number of hydrogen-bond acceptors (Lipinski definition) is 2. The summed E-state index contributed by atoms with van der Waals surface area (Å²) >= 11 is 1.83. The lowest BCUT2D eigenvalue weighted by atomic mass is 9.94. The van der Waals surface area contributed by atoms with Crippen molar-refractivity contribution in [1.82, 2.24) is 5.32 Å². The molecule has 82 valence electrons. The summed E-state index contributed by atoms with van der Waals surface area (Å²) in [7, 11) is 0. The zero-order chi connectivity index (χ0) is 10.7. The maximum absolute atomic E-state index is 3.62. The van der Waals surface area contributed by atoms with Crippen molar-refractivity contribution in [1.29, 1.82) is 0 Å². The highest BCUT2D eigenvalue weighted by molar-refractivity contribution is 7.98. The molecule has 0 saturated carbocycles. The van der Waals surface area contributed by atoms with Crippen LogP contribution in [0.3, 0.4) is 0 Å². The van der Waals surface area contributed by atoms with E-state index in [4.69, 9.17) is 0 Å². The third kappa shape index (κ3) is 2.56. The maximum atomic E-state index is 3.62. The predicted octanol–water partition coefficient (Wildman–Crippen LogP) is 3.53. The molecule has 1 heterocycles. The molecule has 1 aromatic rings. The highest BCUT2D eigenvalue weighted by Gasteiger charge is 2.16. The van der Waals surface area contributed by atoms with Gasteiger partial charge in [-0.2, -0.15) is 0 Å². The minimum Gasteiger partial charge on any atom is -0.310 e. The largest absolute Gasteiger partial charge is 0.310 e. The molecular formula is C13H19NS. The molecule has 1 aliphatic rings. The number of thioether (sulfide) groups is 1. The van der Waals surface area contributed by atoms with E-state index < -0.39 is 0 Å². The summed E-state index contributed by atoms with van der Waals surface area (Å²) in [6.07, 6.45) is 6.12. The summed E-state index contributed by atoms with van der Waals surface area (Å²) in [6, 6.07) is 7.40. The number of piperidine rings is 1. The summed E-state index contributed by atoms with van der Waals surface area (Å²) in [5, 5.41) is 3.62. The zero-order valence-corrected chi connectivity index (χ0v) is 10.4. The molecule has 1 aromatic carbocycles. The standard InChI is InChI=1S/C13H19NS/c1-10-6-7-11(15-2)9-12(10)13-5-3-4-8-14-13/h6-7,9,13-14H,3-5,8H2,1-2H3. The molecule has 0 aromatic heterocycles. The number of benzene rings is 1. The minimum absolute atomic E-state index is 0.589. The molecule has 15 heavy (non-hydrogen) atoms. The summed E-state index contributed by atoms with van der Waals surface area (Å²) in [5.74, 6) is 0. The van der Waals surface area contributed by atoms with Gasteiger partial charge in [0.15, 0.2) is 0 Å². The van der Waals surface area contributed by atoms with E-state index in [1.165, 1.54) is 41.8 Å². The average molecular weight is 221 g/mol. The van der Waals surface area contributed by atoms with Gasteiger partial charge in [0.05, 0.1) is 0 Å². The molecule has 1 nitrogen and oxygen atoms in total. The Morgan fingerprint density at radius 2 is 2.20 bits per heavy atom. The van der Waals surface area contributed by atoms with E-state index in [0.29, 0.717) is 6.04 Å². The van der Waals surface area contributed by atoms with Crippen LogP contribution in [0.5, 0.6) is 0 Å². The van der Waals surface area contributed by atoms with Crippen LogP contribution in [0.25, 0.3) is 0 Å². The van der Waals surface area contributed by atoms with E-state index in [2.05, 4.69) is 36.7 Å². The lowest BCUT2D eigenvalue weighted by molar-refractivity contribution is 0.410. The van der Waals surface area contributed by atoms with Crippen molar-refractivity contribution in [3.05, 3.63) is 29.3 Å². The molecule has 1 fully saturated rings. The normalized spacial score (nSPS) is 21.6. The molecule has 0 radical (unpaired) electrons. The van der Waals surface area contributed by atoms with Gasteiger partial charge in [-0.3, -0.25) is 0 Å². The van der Waals surface area contributed by atoms with Crippen LogP contribution in [0, 0.1) is 6.92 Å². The van der Waals surface area contributed by atoms with E-state index in [0.717, 1.165) is 0 Å². The minimum atomic E-state index is 0.589. The first kappa shape index (κ1) is 11.0. The molecule has 1 atom stereocenters. The zero-order valence-electron chi connectivity index (χ0n) is 9.55. The van der Waals surface area contributed by atoms with Gasteiger partial charge >= 0.3 is 0 Å². The SMILES string of the molecule is CSc1ccc(C)c(C2CCCCN2)c1. The number of aryl methyl sites for hydroxylation is 1. The topological polar surface area (TPSA) is 12.0 Å². The van der Waals surface area contributed by atoms with Crippen molar-refractivity contribution in [2.45, 2.75) is 37.1 Å². The highest BCUT2D eigenvalue weighted by Crippen LogP contribution is 2.28. The smallest absolute Gasteiger partial charge is 0.0323 e. The molecule has 2 heteroatoms. The Morgan fingerprint density at radius 3 is 2.87 bits per heavy atom. The van der Waals surface area contributed by atoms with Crippen LogP contribution in [-0.2, 0) is 0 Å². The van der Waals surface area contributed by atoms with Gasteiger partial charge in [-0.05, 0) is 55.8 Å². The Balaban J connectivity index is 2.24. The summed E-state index contributed by atoms with van der Waals surface area (Å²) < 4.78 is 0. The lowest BCUT2D eigenvalue weighted by Gasteiger charge is -2.25. The van der Waals surface area contributed by atoms with Gasteiger partial charge in [0, 0.05) is 10.9 Å². The van der Waals surface area contributed by atoms with Crippen molar-refractivity contribution in [3.8, 4) is 0 Å². The Bertz CT molecular complexity index is 329. The van der Waals surface area contributed by atoms with Crippen molar-refractivity contribution in [2.75, 3.05) is 12.8 Å². The van der Waals surface area contributed by atoms with Crippen molar-refractivity contribution < 1.29 is 0 Å². The van der Waals surface area contributed by atoms with Crippen molar-refractivity contribution in [3.63, 3.8) is 0 Å². The molecule has 0 spiro atoms. The van der Waals surface area contributed by atoms with Crippen molar-refractivity contribution in [2.24, 2.45) is 0 Å². The van der Waals surface area contributed by atoms with Gasteiger partial charge in [0.2, 0.25) is 0 Å². The Hall–Kier alpha value is -0.470. The Labute approximate surface area is 96.7 Å². The van der Waals surface area contributed by atoms with Gasteiger partial charge in [-0.1, -0.05) is 12.5 Å². The fourth-order valence-electron chi connectivity index (χ4n) is 2.24. The van der Waals surface area contributed by atoms with Gasteiger partial charge in [-0.15, -0.1) is 11.8 Å². The van der Waals surface area contributed by atoms with Crippen LogP contribution in [0.2, 0.25) is 0 Å². The van der Waals surface area contributed by atoms with Crippen molar-refractivity contribution >= 4 is 11.8 Å². The van der Waals surface area contributed by atoms with E-state index in [9.17, 15) is 0 Å². The Kier molecular flexibility index (Phi) is 3.71. The molecular weight excluding hydrogens is 202 g/mol. The van der Waals surface area contributed by atoms with Gasteiger partial charge in [-0.25, -0.2) is 0 Å². The first-order chi connectivity index (χ1) is 7.31. The molecule has 1 unspecified atom stereocenters. The van der Waals surface area contributed by atoms with Crippen LogP contribution in [0.15, 0.2) is 23.1 Å². The van der Waals surface area contributed by atoms with Crippen LogP contribution < -0.4 is 5.32 Å². The number of rotatable bonds is 2. The van der Waals surface area contributed by atoms with Crippen LogP contribution in [0.1, 0.15) is 36.4 Å². The third-order valence-electron chi connectivity index (χ3n) is 3.17. The van der Waals surface area contributed by atoms with E-state index >= 15 is 0 Å². The quantitative estimate of drug-likeness (QED) is 0.767. The summed E-state index contributed by atoms with van der Waals surface area (Å²) in [4.78, 5) is 1.38. The van der Waals surface area contributed by atoms with Gasteiger partial charge in [0.1, 0.15) is 0 Å². The summed E-state index contributed by atoms with van der Waals surface area (Å²) in [6.45, 7) is 3.39. The molecule has 2 rings (SSSR count). The van der Waals surface area contributed by atoms with E-state index in [1.54, 1.807) is 0 Å². The summed E-state index contributed by atoms with van der Waals surface area (Å²) in [5.41, 5.74) is 2.92. The van der Waals surface area contributed by atoms with Crippen LogP contribution >= 0.6 is 11.8 Å². The lowest BCUT2D eigenvalue weighted by Crippen LogP contribution is -2.27. The second-order valence-electron chi connectivity index (χ2n) is 4.23. The van der Waals surface area contributed by atoms with Crippen LogP contribution in [-0.4, -0.2) is 12.8 Å². The first-order valence-electron chi connectivity index (χ1n) is 5.69. The third-order valence-corrected chi connectivity index (χ3v) is 3.90.